The summed E-state index contributed by atoms with van der Waals surface area (Å²) in [6.45, 7) is 0.173. The van der Waals surface area contributed by atoms with Gasteiger partial charge in [0.15, 0.2) is 0 Å². The van der Waals surface area contributed by atoms with Crippen LogP contribution in [0.4, 0.5) is 0 Å². The van der Waals surface area contributed by atoms with Gasteiger partial charge in [-0.05, 0) is 34.7 Å². The highest BCUT2D eigenvalue weighted by Gasteiger charge is 2.06. The topological polar surface area (TPSA) is 55.8 Å². The molecule has 132 valence electrons. The van der Waals surface area contributed by atoms with Crippen molar-refractivity contribution < 1.29 is 19.4 Å². The molecule has 0 aliphatic rings. The van der Waals surface area contributed by atoms with Gasteiger partial charge in [-0.15, -0.1) is 0 Å². The Kier molecular flexibility index (Phi) is 5.66. The molecule has 1 N–H and O–H groups in total. The summed E-state index contributed by atoms with van der Waals surface area (Å²) in [7, 11) is 1.35. The smallest absolute Gasteiger partial charge is 0.337 e. The second-order valence-electron chi connectivity index (χ2n) is 5.84. The summed E-state index contributed by atoms with van der Waals surface area (Å²) in [5.41, 5.74) is 2.11. The first-order valence-corrected chi connectivity index (χ1v) is 8.30. The van der Waals surface area contributed by atoms with E-state index in [2.05, 4.69) is 4.74 Å². The molecule has 0 fully saturated rings. The predicted octanol–water partition coefficient (Wildman–Crippen LogP) is 4.08. The lowest BCUT2D eigenvalue weighted by atomic mass is 10.1. The van der Waals surface area contributed by atoms with Crippen LogP contribution in [0.25, 0.3) is 16.8 Å². The van der Waals surface area contributed by atoms with Gasteiger partial charge in [0, 0.05) is 5.39 Å². The van der Waals surface area contributed by atoms with E-state index in [1.54, 1.807) is 24.3 Å². The van der Waals surface area contributed by atoms with Crippen molar-refractivity contribution in [2.45, 2.75) is 0 Å². The summed E-state index contributed by atoms with van der Waals surface area (Å²) in [6, 6.07) is 20.9. The van der Waals surface area contributed by atoms with Crippen LogP contribution in [0.3, 0.4) is 0 Å². The molecule has 0 amide bonds. The zero-order valence-electron chi connectivity index (χ0n) is 14.5. The molecule has 0 radical (unpaired) electrons. The molecule has 0 atom stereocenters. The van der Waals surface area contributed by atoms with Crippen molar-refractivity contribution >= 4 is 22.8 Å². The molecule has 0 spiro atoms. The van der Waals surface area contributed by atoms with Crippen LogP contribution in [0.1, 0.15) is 15.9 Å². The van der Waals surface area contributed by atoms with E-state index in [1.807, 2.05) is 48.5 Å². The molecule has 3 rings (SSSR count). The lowest BCUT2D eigenvalue weighted by molar-refractivity contribution is 0.0600. The quantitative estimate of drug-likeness (QED) is 0.682. The van der Waals surface area contributed by atoms with Crippen molar-refractivity contribution in [1.29, 1.82) is 0 Å². The van der Waals surface area contributed by atoms with E-state index in [0.717, 1.165) is 27.7 Å². The first kappa shape index (κ1) is 17.7. The standard InChI is InChI=1S/C22H20O4/c1-25-22(24)19-11-9-16(10-12-19)13-17(14-23)15-26-21-8-4-6-18-5-2-3-7-20(18)21/h2-13,23H,14-15H2,1H3. The number of hydrogen-bond acceptors (Lipinski definition) is 4. The minimum absolute atomic E-state index is 0.108. The van der Waals surface area contributed by atoms with Gasteiger partial charge < -0.3 is 14.6 Å². The Balaban J connectivity index is 1.74. The average molecular weight is 348 g/mol. The van der Waals surface area contributed by atoms with Crippen molar-refractivity contribution in [2.24, 2.45) is 0 Å². The fraction of sp³-hybridized carbons (Fsp3) is 0.136. The third-order valence-electron chi connectivity index (χ3n) is 4.07. The largest absolute Gasteiger partial charge is 0.489 e. The number of benzene rings is 3. The molecule has 26 heavy (non-hydrogen) atoms. The molecule has 4 nitrogen and oxygen atoms in total. The number of esters is 1. The second-order valence-corrected chi connectivity index (χ2v) is 5.84. The van der Waals surface area contributed by atoms with E-state index in [-0.39, 0.29) is 19.2 Å². The third kappa shape index (κ3) is 4.10. The minimum atomic E-state index is -0.373. The molecular weight excluding hydrogens is 328 g/mol. The Morgan fingerprint density at radius 2 is 1.73 bits per heavy atom. The highest BCUT2D eigenvalue weighted by Crippen LogP contribution is 2.25. The van der Waals surface area contributed by atoms with Gasteiger partial charge in [-0.25, -0.2) is 4.79 Å². The number of ether oxygens (including phenoxy) is 2. The van der Waals surface area contributed by atoms with E-state index in [4.69, 9.17) is 4.74 Å². The van der Waals surface area contributed by atoms with Gasteiger partial charge >= 0.3 is 5.97 Å². The third-order valence-corrected chi connectivity index (χ3v) is 4.07. The Bertz CT molecular complexity index is 921. The van der Waals surface area contributed by atoms with E-state index in [0.29, 0.717) is 5.56 Å². The number of aliphatic hydroxyl groups is 1. The van der Waals surface area contributed by atoms with Crippen LogP contribution in [0.5, 0.6) is 5.75 Å². The molecule has 0 unspecified atom stereocenters. The van der Waals surface area contributed by atoms with Crippen LogP contribution < -0.4 is 4.74 Å². The zero-order valence-corrected chi connectivity index (χ0v) is 14.5. The number of methoxy groups -OCH3 is 1. The van der Waals surface area contributed by atoms with Gasteiger partial charge in [0.1, 0.15) is 12.4 Å². The molecule has 0 saturated heterocycles. The van der Waals surface area contributed by atoms with E-state index in [9.17, 15) is 9.90 Å². The molecule has 4 heteroatoms. The maximum absolute atomic E-state index is 11.5. The van der Waals surface area contributed by atoms with Crippen LogP contribution >= 0.6 is 0 Å². The normalized spacial score (nSPS) is 11.4. The first-order chi connectivity index (χ1) is 12.7. The van der Waals surface area contributed by atoms with Crippen molar-refractivity contribution in [1.82, 2.24) is 0 Å². The minimum Gasteiger partial charge on any atom is -0.489 e. The predicted molar refractivity (Wildman–Crippen MR) is 102 cm³/mol. The van der Waals surface area contributed by atoms with E-state index >= 15 is 0 Å². The Morgan fingerprint density at radius 1 is 1.00 bits per heavy atom. The Hall–Kier alpha value is -3.11. The summed E-state index contributed by atoms with van der Waals surface area (Å²) >= 11 is 0. The zero-order chi connectivity index (χ0) is 18.4. The summed E-state index contributed by atoms with van der Waals surface area (Å²) in [6.07, 6.45) is 1.85. The average Bonchev–Trinajstić information content (AvgIpc) is 2.71. The lowest BCUT2D eigenvalue weighted by Crippen LogP contribution is -2.05. The van der Waals surface area contributed by atoms with Gasteiger partial charge in [-0.2, -0.15) is 0 Å². The maximum atomic E-state index is 11.5. The molecule has 0 aliphatic heterocycles. The van der Waals surface area contributed by atoms with E-state index in [1.165, 1.54) is 7.11 Å². The Labute approximate surface area is 152 Å². The van der Waals surface area contributed by atoms with Crippen molar-refractivity contribution in [3.8, 4) is 5.75 Å². The molecule has 0 aliphatic carbocycles. The maximum Gasteiger partial charge on any atom is 0.337 e. The molecule has 0 saturated carbocycles. The van der Waals surface area contributed by atoms with Gasteiger partial charge in [-0.3, -0.25) is 0 Å². The summed E-state index contributed by atoms with van der Waals surface area (Å²) in [4.78, 5) is 11.5. The highest BCUT2D eigenvalue weighted by atomic mass is 16.5. The number of rotatable bonds is 6. The molecule has 0 aromatic heterocycles. The molecule has 3 aromatic rings. The molecule has 3 aromatic carbocycles. The van der Waals surface area contributed by atoms with Gasteiger partial charge in [-0.1, -0.05) is 54.6 Å². The monoisotopic (exact) mass is 348 g/mol. The van der Waals surface area contributed by atoms with Crippen molar-refractivity contribution in [2.75, 3.05) is 20.3 Å². The second kappa shape index (κ2) is 8.32. The highest BCUT2D eigenvalue weighted by molar-refractivity contribution is 5.89. The first-order valence-electron chi connectivity index (χ1n) is 8.30. The number of carbonyl (C=O) groups excluding carboxylic acids is 1. The van der Waals surface area contributed by atoms with Crippen LogP contribution in [-0.4, -0.2) is 31.4 Å². The van der Waals surface area contributed by atoms with Crippen LogP contribution in [0, 0.1) is 0 Å². The van der Waals surface area contributed by atoms with Crippen LogP contribution in [0.2, 0.25) is 0 Å². The lowest BCUT2D eigenvalue weighted by Gasteiger charge is -2.11. The molecule has 0 bridgehead atoms. The van der Waals surface area contributed by atoms with Crippen molar-refractivity contribution in [3.05, 3.63) is 83.4 Å². The number of hydrogen-bond donors (Lipinski definition) is 1. The molecule has 0 heterocycles. The fourth-order valence-electron chi connectivity index (χ4n) is 2.69. The number of aliphatic hydroxyl groups excluding tert-OH is 1. The summed E-state index contributed by atoms with van der Waals surface area (Å²) in [5.74, 6) is 0.408. The summed E-state index contributed by atoms with van der Waals surface area (Å²) < 4.78 is 10.6. The number of carbonyl (C=O) groups is 1. The Morgan fingerprint density at radius 3 is 2.46 bits per heavy atom. The van der Waals surface area contributed by atoms with Gasteiger partial charge in [0.2, 0.25) is 0 Å². The SMILES string of the molecule is COC(=O)c1ccc(C=C(CO)COc2cccc3ccccc23)cc1. The van der Waals surface area contributed by atoms with Crippen molar-refractivity contribution in [3.63, 3.8) is 0 Å². The molecular formula is C22H20O4. The summed E-state index contributed by atoms with van der Waals surface area (Å²) in [5, 5.41) is 11.8. The van der Waals surface area contributed by atoms with E-state index < -0.39 is 0 Å². The van der Waals surface area contributed by atoms with Crippen LogP contribution in [-0.2, 0) is 4.74 Å². The number of fused-ring (bicyclic) bond motifs is 1. The van der Waals surface area contributed by atoms with Crippen LogP contribution in [0.15, 0.2) is 72.3 Å². The fourth-order valence-corrected chi connectivity index (χ4v) is 2.69. The van der Waals surface area contributed by atoms with Gasteiger partial charge in [0.05, 0.1) is 19.3 Å². The van der Waals surface area contributed by atoms with Gasteiger partial charge in [0.25, 0.3) is 0 Å².